The molecule has 3 aromatic rings. The molecule has 5 nitrogen and oxygen atoms in total. The average Bonchev–Trinajstić information content (AvgIpc) is 3.08. The molecule has 0 radical (unpaired) electrons. The van der Waals surface area contributed by atoms with Crippen LogP contribution >= 0.6 is 0 Å². The molecule has 0 N–H and O–H groups in total. The summed E-state index contributed by atoms with van der Waals surface area (Å²) < 4.78 is 24.5. The number of methoxy groups -OCH3 is 1. The fraction of sp³-hybridized carbons (Fsp3) is 0.304. The Morgan fingerprint density at radius 1 is 1.31 bits per heavy atom. The number of oxazole rings is 1. The number of fused-ring (bicyclic) bond motifs is 1. The highest BCUT2D eigenvalue weighted by molar-refractivity contribution is 5.79. The van der Waals surface area contributed by atoms with Gasteiger partial charge in [-0.1, -0.05) is 12.1 Å². The van der Waals surface area contributed by atoms with Crippen LogP contribution in [0.1, 0.15) is 35.5 Å². The maximum Gasteiger partial charge on any atom is 0.229 e. The second-order valence-electron chi connectivity index (χ2n) is 7.29. The third-order valence-corrected chi connectivity index (χ3v) is 5.49. The molecule has 6 heteroatoms. The maximum absolute atomic E-state index is 13.5. The van der Waals surface area contributed by atoms with Crippen LogP contribution in [0.5, 0.6) is 5.75 Å². The Labute approximate surface area is 169 Å². The van der Waals surface area contributed by atoms with Crippen LogP contribution in [0, 0.1) is 12.7 Å². The highest BCUT2D eigenvalue weighted by Crippen LogP contribution is 2.32. The zero-order chi connectivity index (χ0) is 20.5. The van der Waals surface area contributed by atoms with Crippen molar-refractivity contribution < 1.29 is 18.3 Å². The molecule has 0 spiro atoms. The van der Waals surface area contributed by atoms with E-state index in [2.05, 4.69) is 4.98 Å². The largest absolute Gasteiger partial charge is 0.497 e. The van der Waals surface area contributed by atoms with Gasteiger partial charge in [0.25, 0.3) is 0 Å². The van der Waals surface area contributed by atoms with E-state index in [1.807, 2.05) is 30.0 Å². The second kappa shape index (κ2) is 7.70. The van der Waals surface area contributed by atoms with E-state index in [0.717, 1.165) is 17.7 Å². The van der Waals surface area contributed by atoms with Crippen molar-refractivity contribution in [3.63, 3.8) is 0 Å². The zero-order valence-electron chi connectivity index (χ0n) is 16.7. The topological polar surface area (TPSA) is 55.6 Å². The van der Waals surface area contributed by atoms with E-state index in [-0.39, 0.29) is 24.2 Å². The molecular formula is C23H23FN2O3. The van der Waals surface area contributed by atoms with Gasteiger partial charge in [-0.05, 0) is 61.7 Å². The first-order valence-electron chi connectivity index (χ1n) is 9.65. The Morgan fingerprint density at radius 2 is 2.14 bits per heavy atom. The third-order valence-electron chi connectivity index (χ3n) is 5.49. The average molecular weight is 394 g/mol. The lowest BCUT2D eigenvalue weighted by atomic mass is 9.93. The molecule has 0 bridgehead atoms. The monoisotopic (exact) mass is 394 g/mol. The van der Waals surface area contributed by atoms with Crippen LogP contribution in [0.15, 0.2) is 46.9 Å². The molecular weight excluding hydrogens is 371 g/mol. The summed E-state index contributed by atoms with van der Waals surface area (Å²) in [5.74, 6) is 1.38. The van der Waals surface area contributed by atoms with Crippen LogP contribution in [0.4, 0.5) is 4.39 Å². The SMILES string of the molecule is COc1ccc2c(c1)CCN(C(=O)Cc1nc(-c3cccc(F)c3)oc1C)C2C. The van der Waals surface area contributed by atoms with Gasteiger partial charge in [-0.2, -0.15) is 0 Å². The molecule has 1 aliphatic rings. The Bertz CT molecular complexity index is 1060. The molecule has 0 fully saturated rings. The minimum Gasteiger partial charge on any atom is -0.497 e. The van der Waals surface area contributed by atoms with Crippen molar-refractivity contribution in [2.75, 3.05) is 13.7 Å². The van der Waals surface area contributed by atoms with Gasteiger partial charge >= 0.3 is 0 Å². The van der Waals surface area contributed by atoms with Gasteiger partial charge < -0.3 is 14.1 Å². The van der Waals surface area contributed by atoms with Crippen LogP contribution in [0.3, 0.4) is 0 Å². The summed E-state index contributed by atoms with van der Waals surface area (Å²) in [4.78, 5) is 19.4. The van der Waals surface area contributed by atoms with Gasteiger partial charge in [0, 0.05) is 12.1 Å². The first kappa shape index (κ1) is 19.2. The number of carbonyl (C=O) groups is 1. The molecule has 150 valence electrons. The van der Waals surface area contributed by atoms with E-state index in [4.69, 9.17) is 9.15 Å². The number of carbonyl (C=O) groups excluding carboxylic acids is 1. The standard InChI is InChI=1S/C23H23FN2O3/c1-14-20-8-7-19(28-3)12-16(20)9-10-26(14)22(27)13-21-15(2)29-23(25-21)17-5-4-6-18(24)11-17/h4-8,11-12,14H,9-10,13H2,1-3H3. The lowest BCUT2D eigenvalue weighted by Crippen LogP contribution is -2.39. The number of halogens is 1. The van der Waals surface area contributed by atoms with E-state index >= 15 is 0 Å². The molecule has 29 heavy (non-hydrogen) atoms. The molecule has 1 aliphatic heterocycles. The number of nitrogens with zero attached hydrogens (tertiary/aromatic N) is 2. The Morgan fingerprint density at radius 3 is 2.90 bits per heavy atom. The van der Waals surface area contributed by atoms with Gasteiger partial charge in [0.05, 0.1) is 25.3 Å². The number of aromatic nitrogens is 1. The lowest BCUT2D eigenvalue weighted by Gasteiger charge is -2.35. The molecule has 4 rings (SSSR count). The van der Waals surface area contributed by atoms with Gasteiger partial charge in [0.2, 0.25) is 11.8 Å². The van der Waals surface area contributed by atoms with Gasteiger partial charge in [0.1, 0.15) is 17.3 Å². The summed E-state index contributed by atoms with van der Waals surface area (Å²) >= 11 is 0. The maximum atomic E-state index is 13.5. The summed E-state index contributed by atoms with van der Waals surface area (Å²) in [5.41, 5.74) is 3.50. The van der Waals surface area contributed by atoms with E-state index in [1.54, 1.807) is 26.2 Å². The van der Waals surface area contributed by atoms with Crippen molar-refractivity contribution in [3.05, 3.63) is 70.9 Å². The summed E-state index contributed by atoms with van der Waals surface area (Å²) in [6.45, 7) is 4.46. The predicted molar refractivity (Wildman–Crippen MR) is 107 cm³/mol. The Kier molecular flexibility index (Phi) is 5.09. The number of ether oxygens (including phenoxy) is 1. The van der Waals surface area contributed by atoms with Gasteiger partial charge in [0.15, 0.2) is 0 Å². The summed E-state index contributed by atoms with van der Waals surface area (Å²) in [6.07, 6.45) is 0.940. The highest BCUT2D eigenvalue weighted by Gasteiger charge is 2.29. The number of rotatable bonds is 4. The molecule has 1 atom stereocenters. The minimum atomic E-state index is -0.353. The Hall–Kier alpha value is -3.15. The van der Waals surface area contributed by atoms with Crippen molar-refractivity contribution in [1.82, 2.24) is 9.88 Å². The molecule has 0 aliphatic carbocycles. The number of amides is 1. The zero-order valence-corrected chi connectivity index (χ0v) is 16.7. The summed E-state index contributed by atoms with van der Waals surface area (Å²) in [7, 11) is 1.65. The molecule has 1 amide bonds. The van der Waals surface area contributed by atoms with Crippen LogP contribution in [0.25, 0.3) is 11.5 Å². The molecule has 2 aromatic carbocycles. The smallest absolute Gasteiger partial charge is 0.229 e. The summed E-state index contributed by atoms with van der Waals surface area (Å²) in [5, 5.41) is 0. The summed E-state index contributed by atoms with van der Waals surface area (Å²) in [6, 6.07) is 12.1. The third kappa shape index (κ3) is 3.75. The van der Waals surface area contributed by atoms with Crippen molar-refractivity contribution >= 4 is 5.91 Å². The van der Waals surface area contributed by atoms with Crippen LogP contribution in [0.2, 0.25) is 0 Å². The first-order chi connectivity index (χ1) is 14.0. The first-order valence-corrected chi connectivity index (χ1v) is 9.65. The van der Waals surface area contributed by atoms with Crippen LogP contribution < -0.4 is 4.74 Å². The van der Waals surface area contributed by atoms with Crippen LogP contribution in [-0.2, 0) is 17.6 Å². The predicted octanol–water partition coefficient (Wildman–Crippen LogP) is 4.49. The number of hydrogen-bond acceptors (Lipinski definition) is 4. The second-order valence-corrected chi connectivity index (χ2v) is 7.29. The van der Waals surface area contributed by atoms with E-state index in [0.29, 0.717) is 29.5 Å². The van der Waals surface area contributed by atoms with Gasteiger partial charge in [-0.15, -0.1) is 0 Å². The van der Waals surface area contributed by atoms with E-state index < -0.39 is 0 Å². The molecule has 2 heterocycles. The van der Waals surface area contributed by atoms with E-state index in [9.17, 15) is 9.18 Å². The molecule has 0 saturated heterocycles. The van der Waals surface area contributed by atoms with Gasteiger partial charge in [-0.3, -0.25) is 4.79 Å². The molecule has 0 saturated carbocycles. The normalized spacial score (nSPS) is 15.9. The van der Waals surface area contributed by atoms with Crippen molar-refractivity contribution in [2.24, 2.45) is 0 Å². The van der Waals surface area contributed by atoms with Crippen molar-refractivity contribution in [2.45, 2.75) is 32.7 Å². The lowest BCUT2D eigenvalue weighted by molar-refractivity contribution is -0.133. The Balaban J connectivity index is 1.52. The fourth-order valence-corrected chi connectivity index (χ4v) is 3.86. The fourth-order valence-electron chi connectivity index (χ4n) is 3.86. The van der Waals surface area contributed by atoms with Crippen molar-refractivity contribution in [1.29, 1.82) is 0 Å². The van der Waals surface area contributed by atoms with E-state index in [1.165, 1.54) is 17.7 Å². The van der Waals surface area contributed by atoms with Gasteiger partial charge in [-0.25, -0.2) is 9.37 Å². The number of benzene rings is 2. The number of hydrogen-bond donors (Lipinski definition) is 0. The molecule has 1 unspecified atom stereocenters. The number of aryl methyl sites for hydroxylation is 1. The highest BCUT2D eigenvalue weighted by atomic mass is 19.1. The molecule has 1 aromatic heterocycles. The van der Waals surface area contributed by atoms with Crippen LogP contribution in [-0.4, -0.2) is 29.4 Å². The van der Waals surface area contributed by atoms with Crippen molar-refractivity contribution in [3.8, 4) is 17.2 Å². The quantitative estimate of drug-likeness (QED) is 0.654. The minimum absolute atomic E-state index is 0.00107.